The van der Waals surface area contributed by atoms with Crippen molar-refractivity contribution < 1.29 is 12.8 Å². The maximum absolute atomic E-state index is 13.3. The molecular weight excluding hydrogens is 382 g/mol. The quantitative estimate of drug-likeness (QED) is 0.642. The van der Waals surface area contributed by atoms with E-state index in [4.69, 9.17) is 4.42 Å². The van der Waals surface area contributed by atoms with E-state index in [1.165, 1.54) is 22.8 Å². The summed E-state index contributed by atoms with van der Waals surface area (Å²) < 4.78 is 34.5. The predicted octanol–water partition coefficient (Wildman–Crippen LogP) is 0.882. The van der Waals surface area contributed by atoms with E-state index in [1.54, 1.807) is 17.5 Å². The monoisotopic (exact) mass is 401 g/mol. The normalized spacial score (nSPS) is 22.4. The van der Waals surface area contributed by atoms with Crippen molar-refractivity contribution in [1.29, 1.82) is 0 Å². The standard InChI is InChI=1S/C18H19N5O4S/c1-11-19-6-5-17(20-11)22-9-12-7-13(10-22)23(12)28(25,26)14-3-4-16-15(8-14)21(2)18(24)27-16/h3-6,8,12-13H,7,9-10H2,1-2H3. The van der Waals surface area contributed by atoms with Crippen molar-refractivity contribution in [3.05, 3.63) is 46.8 Å². The van der Waals surface area contributed by atoms with Crippen LogP contribution in [0.4, 0.5) is 5.82 Å². The minimum Gasteiger partial charge on any atom is -0.408 e. The summed E-state index contributed by atoms with van der Waals surface area (Å²) in [5.74, 6) is 1.01. The molecule has 0 aliphatic carbocycles. The molecule has 0 radical (unpaired) electrons. The first kappa shape index (κ1) is 17.4. The van der Waals surface area contributed by atoms with E-state index in [0.717, 1.165) is 12.2 Å². The van der Waals surface area contributed by atoms with Gasteiger partial charge < -0.3 is 9.32 Å². The minimum atomic E-state index is -3.66. The van der Waals surface area contributed by atoms with Crippen LogP contribution in [0.5, 0.6) is 0 Å². The van der Waals surface area contributed by atoms with E-state index in [9.17, 15) is 13.2 Å². The van der Waals surface area contributed by atoms with Gasteiger partial charge in [-0.25, -0.2) is 23.2 Å². The van der Waals surface area contributed by atoms with Gasteiger partial charge in [-0.3, -0.25) is 4.57 Å². The third-order valence-electron chi connectivity index (χ3n) is 5.55. The molecule has 3 aliphatic heterocycles. The van der Waals surface area contributed by atoms with E-state index >= 15 is 0 Å². The van der Waals surface area contributed by atoms with Crippen LogP contribution in [0.25, 0.3) is 11.1 Å². The summed E-state index contributed by atoms with van der Waals surface area (Å²) in [5, 5.41) is 0. The first-order valence-electron chi connectivity index (χ1n) is 9.02. The lowest BCUT2D eigenvalue weighted by molar-refractivity contribution is 0.0874. The average molecular weight is 401 g/mol. The van der Waals surface area contributed by atoms with Crippen LogP contribution in [0, 0.1) is 6.92 Å². The lowest BCUT2D eigenvalue weighted by Gasteiger charge is -2.55. The fourth-order valence-electron chi connectivity index (χ4n) is 4.16. The lowest BCUT2D eigenvalue weighted by atomic mass is 9.91. The first-order chi connectivity index (χ1) is 13.3. The van der Waals surface area contributed by atoms with E-state index in [0.29, 0.717) is 30.0 Å². The number of piperidine rings is 1. The number of aromatic nitrogens is 3. The number of piperazine rings is 1. The van der Waals surface area contributed by atoms with E-state index < -0.39 is 15.8 Å². The van der Waals surface area contributed by atoms with Crippen LogP contribution in [-0.2, 0) is 17.1 Å². The number of oxazole rings is 1. The summed E-state index contributed by atoms with van der Waals surface area (Å²) in [6.45, 7) is 3.03. The summed E-state index contributed by atoms with van der Waals surface area (Å²) in [6, 6.07) is 6.21. The van der Waals surface area contributed by atoms with E-state index in [-0.39, 0.29) is 17.0 Å². The topological polar surface area (TPSA) is 102 Å². The van der Waals surface area contributed by atoms with E-state index in [1.807, 2.05) is 13.0 Å². The molecule has 1 aromatic carbocycles. The third kappa shape index (κ3) is 2.48. The Morgan fingerprint density at radius 3 is 2.64 bits per heavy atom. The molecule has 10 heteroatoms. The molecule has 3 fully saturated rings. The molecule has 5 heterocycles. The van der Waals surface area contributed by atoms with Gasteiger partial charge in [-0.15, -0.1) is 0 Å². The second-order valence-corrected chi connectivity index (χ2v) is 9.15. The second kappa shape index (κ2) is 5.89. The number of hydrogen-bond acceptors (Lipinski definition) is 7. The molecule has 2 atom stereocenters. The van der Waals surface area contributed by atoms with Crippen LogP contribution in [-0.4, -0.2) is 52.4 Å². The smallest absolute Gasteiger partial charge is 0.408 e. The first-order valence-corrected chi connectivity index (χ1v) is 10.5. The summed E-state index contributed by atoms with van der Waals surface area (Å²) in [7, 11) is -2.10. The molecular formula is C18H19N5O4S. The van der Waals surface area contributed by atoms with Gasteiger partial charge >= 0.3 is 5.76 Å². The van der Waals surface area contributed by atoms with Crippen LogP contribution in [0.15, 0.2) is 44.6 Å². The van der Waals surface area contributed by atoms with Gasteiger partial charge in [0, 0.05) is 38.4 Å². The molecule has 0 spiro atoms. The molecule has 0 N–H and O–H groups in total. The van der Waals surface area contributed by atoms with Crippen molar-refractivity contribution in [3.8, 4) is 0 Å². The maximum atomic E-state index is 13.3. The minimum absolute atomic E-state index is 0.0945. The molecule has 2 bridgehead atoms. The maximum Gasteiger partial charge on any atom is 0.419 e. The Morgan fingerprint density at radius 1 is 1.18 bits per heavy atom. The zero-order valence-electron chi connectivity index (χ0n) is 15.4. The van der Waals surface area contributed by atoms with Crippen LogP contribution in [0.2, 0.25) is 0 Å². The Labute approximate surface area is 161 Å². The lowest BCUT2D eigenvalue weighted by Crippen LogP contribution is -2.70. The third-order valence-corrected chi connectivity index (χ3v) is 7.55. The largest absolute Gasteiger partial charge is 0.419 e. The van der Waals surface area contributed by atoms with Crippen LogP contribution >= 0.6 is 0 Å². The number of benzene rings is 1. The summed E-state index contributed by atoms with van der Waals surface area (Å²) in [6.07, 6.45) is 2.56. The molecule has 2 aromatic heterocycles. The van der Waals surface area contributed by atoms with Gasteiger partial charge in [0.1, 0.15) is 11.6 Å². The van der Waals surface area contributed by atoms with Gasteiger partial charge in [0.2, 0.25) is 10.0 Å². The highest BCUT2D eigenvalue weighted by Crippen LogP contribution is 2.39. The van der Waals surface area contributed by atoms with E-state index in [2.05, 4.69) is 14.9 Å². The van der Waals surface area contributed by atoms with Crippen molar-refractivity contribution in [2.24, 2.45) is 7.05 Å². The van der Waals surface area contributed by atoms with Crippen molar-refractivity contribution in [1.82, 2.24) is 18.8 Å². The number of rotatable bonds is 3. The highest BCUT2D eigenvalue weighted by atomic mass is 32.2. The molecule has 9 nitrogen and oxygen atoms in total. The Morgan fingerprint density at radius 2 is 1.93 bits per heavy atom. The summed E-state index contributed by atoms with van der Waals surface area (Å²) in [4.78, 5) is 22.5. The Balaban J connectivity index is 1.44. The van der Waals surface area contributed by atoms with Gasteiger partial charge in [-0.2, -0.15) is 4.31 Å². The molecule has 0 saturated carbocycles. The molecule has 0 amide bonds. The van der Waals surface area contributed by atoms with Crippen molar-refractivity contribution in [2.45, 2.75) is 30.3 Å². The highest BCUT2D eigenvalue weighted by molar-refractivity contribution is 7.89. The Hall–Kier alpha value is -2.72. The van der Waals surface area contributed by atoms with Gasteiger partial charge in [-0.05, 0) is 37.6 Å². The molecule has 3 aromatic rings. The number of hydrogen-bond donors (Lipinski definition) is 0. The van der Waals surface area contributed by atoms with Crippen molar-refractivity contribution in [2.75, 3.05) is 18.0 Å². The highest BCUT2D eigenvalue weighted by Gasteiger charge is 2.51. The summed E-state index contributed by atoms with van der Waals surface area (Å²) in [5.41, 5.74) is 0.843. The Bertz CT molecular complexity index is 1240. The number of nitrogens with zero attached hydrogens (tertiary/aromatic N) is 5. The van der Waals surface area contributed by atoms with Gasteiger partial charge in [0.05, 0.1) is 10.4 Å². The molecule has 146 valence electrons. The second-order valence-electron chi connectivity index (χ2n) is 7.30. The van der Waals surface area contributed by atoms with Crippen LogP contribution in [0.3, 0.4) is 0 Å². The number of fused-ring (bicyclic) bond motifs is 3. The van der Waals surface area contributed by atoms with Gasteiger partial charge in [0.25, 0.3) is 0 Å². The van der Waals surface area contributed by atoms with Crippen LogP contribution < -0.4 is 10.7 Å². The molecule has 3 aliphatic rings. The fourth-order valence-corrected chi connectivity index (χ4v) is 6.00. The van der Waals surface area contributed by atoms with Gasteiger partial charge in [-0.1, -0.05) is 0 Å². The average Bonchev–Trinajstić information content (AvgIpc) is 2.95. The fraction of sp³-hybridized carbons (Fsp3) is 0.389. The number of aryl methyl sites for hydroxylation is 2. The van der Waals surface area contributed by atoms with Gasteiger partial charge in [0.15, 0.2) is 5.58 Å². The SMILES string of the molecule is Cc1nccc(N2CC3CC(C2)N3S(=O)(=O)c2ccc3oc(=O)n(C)c3c2)n1. The zero-order valence-corrected chi connectivity index (χ0v) is 16.3. The number of anilines is 1. The summed E-state index contributed by atoms with van der Waals surface area (Å²) >= 11 is 0. The number of sulfonamides is 1. The molecule has 3 saturated heterocycles. The Kier molecular flexibility index (Phi) is 3.65. The van der Waals surface area contributed by atoms with Crippen LogP contribution in [0.1, 0.15) is 12.2 Å². The van der Waals surface area contributed by atoms with Crippen molar-refractivity contribution in [3.63, 3.8) is 0 Å². The van der Waals surface area contributed by atoms with Crippen molar-refractivity contribution >= 4 is 26.9 Å². The molecule has 28 heavy (non-hydrogen) atoms. The predicted molar refractivity (Wildman–Crippen MR) is 102 cm³/mol. The molecule has 2 unspecified atom stereocenters. The zero-order chi connectivity index (χ0) is 19.6. The molecule has 6 rings (SSSR count).